The van der Waals surface area contributed by atoms with Crippen molar-refractivity contribution in [3.63, 3.8) is 0 Å². The molecule has 0 spiro atoms. The Kier molecular flexibility index (Phi) is 3.62. The molecule has 0 amide bonds. The van der Waals surface area contributed by atoms with Gasteiger partial charge in [0.15, 0.2) is 5.82 Å². The van der Waals surface area contributed by atoms with E-state index in [0.29, 0.717) is 12.4 Å². The van der Waals surface area contributed by atoms with Gasteiger partial charge in [-0.25, -0.2) is 4.98 Å². The van der Waals surface area contributed by atoms with Crippen LogP contribution in [0.1, 0.15) is 6.92 Å². The molecule has 2 rings (SSSR count). The van der Waals surface area contributed by atoms with E-state index in [1.165, 1.54) is 0 Å². The minimum atomic E-state index is -0.129. The Balaban J connectivity index is 2.25. The fourth-order valence-electron chi connectivity index (χ4n) is 1.59. The van der Waals surface area contributed by atoms with Crippen molar-refractivity contribution < 1.29 is 4.74 Å². The number of rotatable bonds is 4. The molecule has 0 saturated carbocycles. The van der Waals surface area contributed by atoms with Gasteiger partial charge in [0.2, 0.25) is 0 Å². The van der Waals surface area contributed by atoms with Crippen molar-refractivity contribution in [3.8, 4) is 5.75 Å². The van der Waals surface area contributed by atoms with Crippen molar-refractivity contribution in [2.24, 2.45) is 0 Å². The molecular formula is C13H15N3O2. The van der Waals surface area contributed by atoms with Gasteiger partial charge in [0.25, 0.3) is 5.56 Å². The predicted molar refractivity (Wildman–Crippen MR) is 70.4 cm³/mol. The third-order valence-corrected chi connectivity index (χ3v) is 2.61. The summed E-state index contributed by atoms with van der Waals surface area (Å²) in [5.74, 6) is 1.09. The van der Waals surface area contributed by atoms with Crippen molar-refractivity contribution in [2.45, 2.75) is 13.5 Å². The van der Waals surface area contributed by atoms with E-state index < -0.39 is 0 Å². The third-order valence-electron chi connectivity index (χ3n) is 2.61. The van der Waals surface area contributed by atoms with Crippen molar-refractivity contribution in [1.29, 1.82) is 0 Å². The van der Waals surface area contributed by atoms with E-state index in [2.05, 4.69) is 10.3 Å². The van der Waals surface area contributed by atoms with Crippen molar-refractivity contribution in [2.75, 3.05) is 12.4 Å². The first-order valence-corrected chi connectivity index (χ1v) is 5.71. The molecule has 5 nitrogen and oxygen atoms in total. The molecule has 0 aliphatic carbocycles. The summed E-state index contributed by atoms with van der Waals surface area (Å²) in [6.07, 6.45) is 3.28. The molecule has 1 aromatic carbocycles. The second-order valence-electron chi connectivity index (χ2n) is 3.72. The number of hydrogen-bond donors (Lipinski definition) is 1. The summed E-state index contributed by atoms with van der Waals surface area (Å²) in [5, 5.41) is 3.00. The van der Waals surface area contributed by atoms with Crippen LogP contribution in [0.15, 0.2) is 41.5 Å². The summed E-state index contributed by atoms with van der Waals surface area (Å²) >= 11 is 0. The summed E-state index contributed by atoms with van der Waals surface area (Å²) in [7, 11) is 1.61. The number of nitrogens with one attached hydrogen (secondary N) is 1. The third kappa shape index (κ3) is 2.51. The monoisotopic (exact) mass is 245 g/mol. The first-order chi connectivity index (χ1) is 8.74. The molecule has 1 aromatic heterocycles. The molecule has 5 heteroatoms. The topological polar surface area (TPSA) is 56.1 Å². The van der Waals surface area contributed by atoms with Gasteiger partial charge >= 0.3 is 0 Å². The standard InChI is InChI=1S/C13H15N3O2/c1-3-16-9-8-14-12(13(16)17)15-10-4-6-11(18-2)7-5-10/h4-9H,3H2,1-2H3,(H,14,15). The fraction of sp³-hybridized carbons (Fsp3) is 0.231. The Labute approximate surface area is 105 Å². The number of methoxy groups -OCH3 is 1. The van der Waals surface area contributed by atoms with Gasteiger partial charge in [-0.1, -0.05) is 0 Å². The average molecular weight is 245 g/mol. The van der Waals surface area contributed by atoms with Gasteiger partial charge in [0.05, 0.1) is 7.11 Å². The Hall–Kier alpha value is -2.30. The number of aryl methyl sites for hydroxylation is 1. The first kappa shape index (κ1) is 12.2. The molecule has 94 valence electrons. The Morgan fingerprint density at radius 1 is 1.33 bits per heavy atom. The largest absolute Gasteiger partial charge is 0.497 e. The number of aromatic nitrogens is 2. The molecule has 0 bridgehead atoms. The van der Waals surface area contributed by atoms with Crippen LogP contribution in [-0.4, -0.2) is 16.7 Å². The lowest BCUT2D eigenvalue weighted by atomic mass is 10.3. The van der Waals surface area contributed by atoms with Gasteiger partial charge in [0.1, 0.15) is 5.75 Å². The van der Waals surface area contributed by atoms with Crippen LogP contribution in [0.2, 0.25) is 0 Å². The number of benzene rings is 1. The molecule has 0 radical (unpaired) electrons. The minimum absolute atomic E-state index is 0.129. The van der Waals surface area contributed by atoms with Gasteiger partial charge in [-0.15, -0.1) is 0 Å². The summed E-state index contributed by atoms with van der Waals surface area (Å²) in [5.41, 5.74) is 0.671. The lowest BCUT2D eigenvalue weighted by molar-refractivity contribution is 0.415. The quantitative estimate of drug-likeness (QED) is 0.895. The second kappa shape index (κ2) is 5.35. The summed E-state index contributed by atoms with van der Waals surface area (Å²) in [6.45, 7) is 2.54. The molecular weight excluding hydrogens is 230 g/mol. The van der Waals surface area contributed by atoms with Crippen molar-refractivity contribution in [3.05, 3.63) is 47.0 Å². The zero-order chi connectivity index (χ0) is 13.0. The summed E-state index contributed by atoms with van der Waals surface area (Å²) in [4.78, 5) is 16.0. The van der Waals surface area contributed by atoms with E-state index in [4.69, 9.17) is 4.74 Å². The molecule has 0 aliphatic heterocycles. The average Bonchev–Trinajstić information content (AvgIpc) is 2.42. The molecule has 0 unspecified atom stereocenters. The van der Waals surface area contributed by atoms with Gasteiger partial charge < -0.3 is 14.6 Å². The summed E-state index contributed by atoms with van der Waals surface area (Å²) < 4.78 is 6.67. The lowest BCUT2D eigenvalue weighted by Gasteiger charge is -2.07. The van der Waals surface area contributed by atoms with E-state index in [1.807, 2.05) is 31.2 Å². The SMILES string of the molecule is CCn1ccnc(Nc2ccc(OC)cc2)c1=O. The lowest BCUT2D eigenvalue weighted by Crippen LogP contribution is -2.22. The van der Waals surface area contributed by atoms with Gasteiger partial charge in [-0.3, -0.25) is 4.79 Å². The van der Waals surface area contributed by atoms with E-state index in [1.54, 1.807) is 24.1 Å². The number of hydrogen-bond acceptors (Lipinski definition) is 4. The zero-order valence-corrected chi connectivity index (χ0v) is 10.4. The minimum Gasteiger partial charge on any atom is -0.497 e. The van der Waals surface area contributed by atoms with Gasteiger partial charge in [-0.2, -0.15) is 0 Å². The highest BCUT2D eigenvalue weighted by molar-refractivity contribution is 5.56. The van der Waals surface area contributed by atoms with E-state index in [-0.39, 0.29) is 5.56 Å². The van der Waals surface area contributed by atoms with Crippen molar-refractivity contribution >= 4 is 11.5 Å². The van der Waals surface area contributed by atoms with Crippen LogP contribution in [0.5, 0.6) is 5.75 Å². The first-order valence-electron chi connectivity index (χ1n) is 5.71. The smallest absolute Gasteiger partial charge is 0.293 e. The second-order valence-corrected chi connectivity index (χ2v) is 3.72. The van der Waals surface area contributed by atoms with Gasteiger partial charge in [0, 0.05) is 24.6 Å². The molecule has 0 atom stereocenters. The predicted octanol–water partition coefficient (Wildman–Crippen LogP) is 2.02. The Morgan fingerprint density at radius 3 is 2.67 bits per heavy atom. The highest BCUT2D eigenvalue weighted by Gasteiger charge is 2.03. The molecule has 0 saturated heterocycles. The highest BCUT2D eigenvalue weighted by atomic mass is 16.5. The number of anilines is 2. The van der Waals surface area contributed by atoms with E-state index in [9.17, 15) is 4.79 Å². The molecule has 18 heavy (non-hydrogen) atoms. The molecule has 1 heterocycles. The molecule has 0 fully saturated rings. The van der Waals surface area contributed by atoms with Crippen LogP contribution in [-0.2, 0) is 6.54 Å². The normalized spacial score (nSPS) is 10.1. The summed E-state index contributed by atoms with van der Waals surface area (Å²) in [6, 6.07) is 7.32. The Morgan fingerprint density at radius 2 is 2.06 bits per heavy atom. The maximum atomic E-state index is 11.9. The van der Waals surface area contributed by atoms with Crippen LogP contribution in [0.25, 0.3) is 0 Å². The van der Waals surface area contributed by atoms with Crippen LogP contribution in [0.4, 0.5) is 11.5 Å². The molecule has 2 aromatic rings. The van der Waals surface area contributed by atoms with Gasteiger partial charge in [-0.05, 0) is 31.2 Å². The Bertz CT molecular complexity index is 576. The van der Waals surface area contributed by atoms with Crippen LogP contribution < -0.4 is 15.6 Å². The number of ether oxygens (including phenoxy) is 1. The van der Waals surface area contributed by atoms with Crippen LogP contribution >= 0.6 is 0 Å². The van der Waals surface area contributed by atoms with Crippen LogP contribution in [0.3, 0.4) is 0 Å². The highest BCUT2D eigenvalue weighted by Crippen LogP contribution is 2.16. The van der Waals surface area contributed by atoms with Crippen LogP contribution in [0, 0.1) is 0 Å². The molecule has 0 aliphatic rings. The maximum absolute atomic E-state index is 11.9. The van der Waals surface area contributed by atoms with E-state index >= 15 is 0 Å². The fourth-order valence-corrected chi connectivity index (χ4v) is 1.59. The molecule has 1 N–H and O–H groups in total. The van der Waals surface area contributed by atoms with Crippen molar-refractivity contribution in [1.82, 2.24) is 9.55 Å². The van der Waals surface area contributed by atoms with E-state index in [0.717, 1.165) is 11.4 Å². The number of nitrogens with zero attached hydrogens (tertiary/aromatic N) is 2. The zero-order valence-electron chi connectivity index (χ0n) is 10.4. The maximum Gasteiger partial charge on any atom is 0.293 e.